The summed E-state index contributed by atoms with van der Waals surface area (Å²) >= 11 is 0. The van der Waals surface area contributed by atoms with Crippen LogP contribution in [0.1, 0.15) is 12.5 Å². The zero-order chi connectivity index (χ0) is 14.4. The SMILES string of the molecule is CCNCCNC(=O)C1COc2ccc(OC)cc2C1. The number of rotatable bonds is 6. The van der Waals surface area contributed by atoms with Gasteiger partial charge in [-0.1, -0.05) is 6.92 Å². The van der Waals surface area contributed by atoms with Gasteiger partial charge in [-0.15, -0.1) is 0 Å². The third kappa shape index (κ3) is 3.63. The van der Waals surface area contributed by atoms with Crippen LogP contribution in [0.3, 0.4) is 0 Å². The van der Waals surface area contributed by atoms with Crippen LogP contribution in [-0.2, 0) is 11.2 Å². The Kier molecular flexibility index (Phi) is 5.24. The van der Waals surface area contributed by atoms with E-state index in [1.165, 1.54) is 0 Å². The zero-order valence-electron chi connectivity index (χ0n) is 12.1. The number of amides is 1. The van der Waals surface area contributed by atoms with Crippen LogP contribution in [0.2, 0.25) is 0 Å². The molecule has 0 fully saturated rings. The molecule has 1 aromatic carbocycles. The highest BCUT2D eigenvalue weighted by atomic mass is 16.5. The lowest BCUT2D eigenvalue weighted by atomic mass is 9.96. The molecule has 0 spiro atoms. The maximum atomic E-state index is 12.1. The quantitative estimate of drug-likeness (QED) is 0.761. The largest absolute Gasteiger partial charge is 0.497 e. The molecule has 0 aromatic heterocycles. The molecule has 1 aromatic rings. The average Bonchev–Trinajstić information content (AvgIpc) is 2.50. The molecule has 1 atom stereocenters. The van der Waals surface area contributed by atoms with Gasteiger partial charge in [-0.2, -0.15) is 0 Å². The van der Waals surface area contributed by atoms with E-state index in [9.17, 15) is 4.79 Å². The topological polar surface area (TPSA) is 59.6 Å². The fourth-order valence-electron chi connectivity index (χ4n) is 2.26. The lowest BCUT2D eigenvalue weighted by molar-refractivity contribution is -0.126. The van der Waals surface area contributed by atoms with Gasteiger partial charge in [0.05, 0.1) is 13.0 Å². The third-order valence-corrected chi connectivity index (χ3v) is 3.40. The van der Waals surface area contributed by atoms with Crippen molar-refractivity contribution in [2.45, 2.75) is 13.3 Å². The molecule has 0 bridgehead atoms. The summed E-state index contributed by atoms with van der Waals surface area (Å²) in [5, 5.41) is 6.11. The second-order valence-electron chi connectivity index (χ2n) is 4.83. The summed E-state index contributed by atoms with van der Waals surface area (Å²) < 4.78 is 10.9. The van der Waals surface area contributed by atoms with E-state index in [0.717, 1.165) is 30.2 Å². The Morgan fingerprint density at radius 1 is 1.45 bits per heavy atom. The molecule has 1 unspecified atom stereocenters. The van der Waals surface area contributed by atoms with E-state index >= 15 is 0 Å². The highest BCUT2D eigenvalue weighted by Gasteiger charge is 2.26. The molecular formula is C15H22N2O3. The predicted octanol–water partition coefficient (Wildman–Crippen LogP) is 0.972. The van der Waals surface area contributed by atoms with E-state index in [-0.39, 0.29) is 11.8 Å². The molecule has 5 nitrogen and oxygen atoms in total. The zero-order valence-corrected chi connectivity index (χ0v) is 12.1. The number of likely N-dealkylation sites (N-methyl/N-ethyl adjacent to an activating group) is 1. The monoisotopic (exact) mass is 278 g/mol. The first kappa shape index (κ1) is 14.7. The normalized spacial score (nSPS) is 17.0. The van der Waals surface area contributed by atoms with Crippen LogP contribution in [0, 0.1) is 5.92 Å². The molecule has 5 heteroatoms. The van der Waals surface area contributed by atoms with E-state index in [4.69, 9.17) is 9.47 Å². The summed E-state index contributed by atoms with van der Waals surface area (Å²) in [6.45, 7) is 4.83. The van der Waals surface area contributed by atoms with Crippen molar-refractivity contribution in [3.8, 4) is 11.5 Å². The fraction of sp³-hybridized carbons (Fsp3) is 0.533. The first-order valence-corrected chi connectivity index (χ1v) is 7.02. The molecule has 110 valence electrons. The van der Waals surface area contributed by atoms with Gasteiger partial charge in [0.2, 0.25) is 5.91 Å². The molecule has 0 radical (unpaired) electrons. The molecule has 1 amide bonds. The molecular weight excluding hydrogens is 256 g/mol. The lowest BCUT2D eigenvalue weighted by Gasteiger charge is -2.25. The Morgan fingerprint density at radius 2 is 2.30 bits per heavy atom. The van der Waals surface area contributed by atoms with Crippen molar-refractivity contribution in [2.24, 2.45) is 5.92 Å². The van der Waals surface area contributed by atoms with Crippen LogP contribution in [0.15, 0.2) is 18.2 Å². The van der Waals surface area contributed by atoms with Crippen molar-refractivity contribution in [3.05, 3.63) is 23.8 Å². The van der Waals surface area contributed by atoms with E-state index in [1.54, 1.807) is 7.11 Å². The van der Waals surface area contributed by atoms with Crippen molar-refractivity contribution in [3.63, 3.8) is 0 Å². The second-order valence-corrected chi connectivity index (χ2v) is 4.83. The van der Waals surface area contributed by atoms with Crippen LogP contribution >= 0.6 is 0 Å². The Labute approximate surface area is 119 Å². The summed E-state index contributed by atoms with van der Waals surface area (Å²) in [6, 6.07) is 5.70. The van der Waals surface area contributed by atoms with E-state index in [2.05, 4.69) is 10.6 Å². The molecule has 1 aliphatic rings. The number of carbonyl (C=O) groups excluding carboxylic acids is 1. The number of benzene rings is 1. The Balaban J connectivity index is 1.91. The number of methoxy groups -OCH3 is 1. The maximum absolute atomic E-state index is 12.1. The highest BCUT2D eigenvalue weighted by Crippen LogP contribution is 2.30. The molecule has 0 saturated carbocycles. The Morgan fingerprint density at radius 3 is 3.05 bits per heavy atom. The number of fused-ring (bicyclic) bond motifs is 1. The number of hydrogen-bond acceptors (Lipinski definition) is 4. The molecule has 1 heterocycles. The first-order chi connectivity index (χ1) is 9.74. The van der Waals surface area contributed by atoms with Crippen molar-refractivity contribution in [2.75, 3.05) is 33.4 Å². The van der Waals surface area contributed by atoms with Gasteiger partial charge in [0.15, 0.2) is 0 Å². The number of ether oxygens (including phenoxy) is 2. The summed E-state index contributed by atoms with van der Waals surface area (Å²) in [4.78, 5) is 12.1. The van der Waals surface area contributed by atoms with E-state index < -0.39 is 0 Å². The minimum Gasteiger partial charge on any atom is -0.497 e. The van der Waals surface area contributed by atoms with Crippen molar-refractivity contribution < 1.29 is 14.3 Å². The Hall–Kier alpha value is -1.75. The molecule has 1 aliphatic heterocycles. The molecule has 20 heavy (non-hydrogen) atoms. The van der Waals surface area contributed by atoms with E-state index in [0.29, 0.717) is 19.6 Å². The van der Waals surface area contributed by atoms with Crippen LogP contribution in [-0.4, -0.2) is 39.3 Å². The highest BCUT2D eigenvalue weighted by molar-refractivity contribution is 5.79. The summed E-state index contributed by atoms with van der Waals surface area (Å²) in [7, 11) is 1.64. The minimum atomic E-state index is -0.128. The molecule has 0 saturated heterocycles. The second kappa shape index (κ2) is 7.14. The van der Waals surface area contributed by atoms with Crippen molar-refractivity contribution >= 4 is 5.91 Å². The van der Waals surface area contributed by atoms with Crippen molar-refractivity contribution in [1.29, 1.82) is 0 Å². The standard InChI is InChI=1S/C15H22N2O3/c1-3-16-6-7-17-15(18)12-8-11-9-13(19-2)4-5-14(11)20-10-12/h4-5,9,12,16H,3,6-8,10H2,1-2H3,(H,17,18). The fourth-order valence-corrected chi connectivity index (χ4v) is 2.26. The molecule has 2 N–H and O–H groups in total. The van der Waals surface area contributed by atoms with Gasteiger partial charge in [0.25, 0.3) is 0 Å². The van der Waals surface area contributed by atoms with Gasteiger partial charge in [-0.05, 0) is 36.7 Å². The smallest absolute Gasteiger partial charge is 0.226 e. The number of hydrogen-bond donors (Lipinski definition) is 2. The van der Waals surface area contributed by atoms with Gasteiger partial charge >= 0.3 is 0 Å². The van der Waals surface area contributed by atoms with Gasteiger partial charge in [-0.25, -0.2) is 0 Å². The molecule has 2 rings (SSSR count). The van der Waals surface area contributed by atoms with E-state index in [1.807, 2.05) is 25.1 Å². The summed E-state index contributed by atoms with van der Waals surface area (Å²) in [5.41, 5.74) is 1.03. The number of nitrogens with one attached hydrogen (secondary N) is 2. The summed E-state index contributed by atoms with van der Waals surface area (Å²) in [6.07, 6.45) is 0.694. The van der Waals surface area contributed by atoms with Crippen LogP contribution < -0.4 is 20.1 Å². The van der Waals surface area contributed by atoms with Crippen molar-refractivity contribution in [1.82, 2.24) is 10.6 Å². The average molecular weight is 278 g/mol. The molecule has 0 aliphatic carbocycles. The van der Waals surface area contributed by atoms with Crippen LogP contribution in [0.4, 0.5) is 0 Å². The van der Waals surface area contributed by atoms with Gasteiger partial charge in [0.1, 0.15) is 18.1 Å². The predicted molar refractivity (Wildman–Crippen MR) is 77.2 cm³/mol. The number of carbonyl (C=O) groups is 1. The first-order valence-electron chi connectivity index (χ1n) is 7.02. The summed E-state index contributed by atoms with van der Waals surface area (Å²) in [5.74, 6) is 1.57. The maximum Gasteiger partial charge on any atom is 0.226 e. The van der Waals surface area contributed by atoms with Gasteiger partial charge < -0.3 is 20.1 Å². The van der Waals surface area contributed by atoms with Crippen LogP contribution in [0.25, 0.3) is 0 Å². The van der Waals surface area contributed by atoms with Gasteiger partial charge in [0, 0.05) is 13.1 Å². The van der Waals surface area contributed by atoms with Crippen LogP contribution in [0.5, 0.6) is 11.5 Å². The lowest BCUT2D eigenvalue weighted by Crippen LogP contribution is -2.40. The van der Waals surface area contributed by atoms with Gasteiger partial charge in [-0.3, -0.25) is 4.79 Å². The Bertz CT molecular complexity index is 462. The minimum absolute atomic E-state index is 0.0522. The third-order valence-electron chi connectivity index (χ3n) is 3.40.